The Labute approximate surface area is 161 Å². The van der Waals surface area contributed by atoms with Crippen molar-refractivity contribution in [2.75, 3.05) is 11.9 Å². The highest BCUT2D eigenvalue weighted by molar-refractivity contribution is 6.31. The van der Waals surface area contributed by atoms with E-state index in [1.165, 1.54) is 6.07 Å². The molecule has 0 spiro atoms. The molecule has 0 aliphatic carbocycles. The molecule has 0 atom stereocenters. The summed E-state index contributed by atoms with van der Waals surface area (Å²) < 4.78 is 5.80. The topological polar surface area (TPSA) is 67.4 Å². The first-order chi connectivity index (χ1) is 13.1. The van der Waals surface area contributed by atoms with E-state index in [2.05, 4.69) is 10.6 Å². The highest BCUT2D eigenvalue weighted by Gasteiger charge is 2.11. The minimum Gasteiger partial charge on any atom is -0.455 e. The van der Waals surface area contributed by atoms with Gasteiger partial charge in [-0.15, -0.1) is 0 Å². The van der Waals surface area contributed by atoms with Gasteiger partial charge in [-0.2, -0.15) is 0 Å². The molecule has 3 aromatic carbocycles. The van der Waals surface area contributed by atoms with Gasteiger partial charge < -0.3 is 15.4 Å². The van der Waals surface area contributed by atoms with Gasteiger partial charge in [0.2, 0.25) is 5.91 Å². The number of para-hydroxylation sites is 3. The summed E-state index contributed by atoms with van der Waals surface area (Å²) in [4.78, 5) is 24.3. The molecule has 0 unspecified atom stereocenters. The third-order valence-corrected chi connectivity index (χ3v) is 3.86. The Bertz CT molecular complexity index is 945. The lowest BCUT2D eigenvalue weighted by Gasteiger charge is -2.12. The first kappa shape index (κ1) is 18.5. The lowest BCUT2D eigenvalue weighted by Crippen LogP contribution is -2.32. The molecular weight excluding hydrogens is 364 g/mol. The summed E-state index contributed by atoms with van der Waals surface area (Å²) in [6, 6.07) is 22.9. The van der Waals surface area contributed by atoms with Crippen LogP contribution in [-0.4, -0.2) is 18.4 Å². The zero-order valence-electron chi connectivity index (χ0n) is 14.3. The number of carbonyl (C=O) groups is 2. The van der Waals surface area contributed by atoms with Crippen molar-refractivity contribution in [2.45, 2.75) is 0 Å². The number of halogens is 1. The number of ether oxygens (including phenoxy) is 1. The van der Waals surface area contributed by atoms with Crippen molar-refractivity contribution in [1.82, 2.24) is 5.32 Å². The lowest BCUT2D eigenvalue weighted by molar-refractivity contribution is -0.115. The van der Waals surface area contributed by atoms with Gasteiger partial charge in [0.25, 0.3) is 5.91 Å². The van der Waals surface area contributed by atoms with Crippen LogP contribution in [0.3, 0.4) is 0 Å². The maximum Gasteiger partial charge on any atom is 0.251 e. The van der Waals surface area contributed by atoms with Gasteiger partial charge in [0.1, 0.15) is 5.75 Å². The van der Waals surface area contributed by atoms with Crippen molar-refractivity contribution in [3.63, 3.8) is 0 Å². The monoisotopic (exact) mass is 380 g/mol. The standard InChI is InChI=1S/C21H17ClN2O3/c22-16-8-6-7-15(13-16)21(26)23-14-20(25)24-18-11-4-5-12-19(18)27-17-9-2-1-3-10-17/h1-13H,14H2,(H,23,26)(H,24,25). The Morgan fingerprint density at radius 1 is 0.889 bits per heavy atom. The number of hydrogen-bond acceptors (Lipinski definition) is 3. The van der Waals surface area contributed by atoms with Gasteiger partial charge in [-0.1, -0.05) is 48.0 Å². The fourth-order valence-electron chi connectivity index (χ4n) is 2.36. The summed E-state index contributed by atoms with van der Waals surface area (Å²) >= 11 is 5.87. The second-order valence-corrected chi connectivity index (χ2v) is 6.09. The molecule has 6 heteroatoms. The maximum atomic E-state index is 12.2. The number of rotatable bonds is 6. The second-order valence-electron chi connectivity index (χ2n) is 5.65. The van der Waals surface area contributed by atoms with Gasteiger partial charge in [-0.3, -0.25) is 9.59 Å². The molecule has 5 nitrogen and oxygen atoms in total. The SMILES string of the molecule is O=C(CNC(=O)c1cccc(Cl)c1)Nc1ccccc1Oc1ccccc1. The largest absolute Gasteiger partial charge is 0.455 e. The Kier molecular flexibility index (Phi) is 6.07. The third kappa shape index (κ3) is 5.33. The van der Waals surface area contributed by atoms with Crippen molar-refractivity contribution >= 4 is 29.1 Å². The van der Waals surface area contributed by atoms with E-state index >= 15 is 0 Å². The molecule has 136 valence electrons. The highest BCUT2D eigenvalue weighted by Crippen LogP contribution is 2.28. The van der Waals surface area contributed by atoms with Crippen molar-refractivity contribution < 1.29 is 14.3 Å². The third-order valence-electron chi connectivity index (χ3n) is 3.63. The molecule has 2 amide bonds. The molecule has 3 aromatic rings. The Balaban J connectivity index is 1.60. The Hall–Kier alpha value is -3.31. The van der Waals surface area contributed by atoms with E-state index in [-0.39, 0.29) is 18.4 Å². The predicted octanol–water partition coefficient (Wildman–Crippen LogP) is 4.50. The zero-order chi connectivity index (χ0) is 19.1. The molecule has 3 rings (SSSR count). The highest BCUT2D eigenvalue weighted by atomic mass is 35.5. The summed E-state index contributed by atoms with van der Waals surface area (Å²) in [7, 11) is 0. The lowest BCUT2D eigenvalue weighted by atomic mass is 10.2. The second kappa shape index (κ2) is 8.87. The molecule has 0 radical (unpaired) electrons. The van der Waals surface area contributed by atoms with Crippen LogP contribution in [0.5, 0.6) is 11.5 Å². The van der Waals surface area contributed by atoms with Crippen LogP contribution in [0, 0.1) is 0 Å². The van der Waals surface area contributed by atoms with E-state index in [1.54, 1.807) is 36.4 Å². The summed E-state index contributed by atoms with van der Waals surface area (Å²) in [5, 5.41) is 5.77. The van der Waals surface area contributed by atoms with Crippen molar-refractivity contribution in [3.8, 4) is 11.5 Å². The molecule has 0 aliphatic heterocycles. The van der Waals surface area contributed by atoms with E-state index < -0.39 is 0 Å². The van der Waals surface area contributed by atoms with E-state index in [4.69, 9.17) is 16.3 Å². The van der Waals surface area contributed by atoms with Gasteiger partial charge in [0.05, 0.1) is 12.2 Å². The molecule has 0 saturated heterocycles. The van der Waals surface area contributed by atoms with Gasteiger partial charge >= 0.3 is 0 Å². The fraction of sp³-hybridized carbons (Fsp3) is 0.0476. The smallest absolute Gasteiger partial charge is 0.251 e. The molecule has 0 aliphatic rings. The molecule has 0 saturated carbocycles. The normalized spacial score (nSPS) is 10.1. The van der Waals surface area contributed by atoms with Crippen LogP contribution >= 0.6 is 11.6 Å². The molecule has 0 aromatic heterocycles. The van der Waals surface area contributed by atoms with Crippen molar-refractivity contribution in [3.05, 3.63) is 89.4 Å². The number of benzene rings is 3. The van der Waals surface area contributed by atoms with E-state index in [9.17, 15) is 9.59 Å². The summed E-state index contributed by atoms with van der Waals surface area (Å²) in [5.74, 6) is 0.433. The zero-order valence-corrected chi connectivity index (χ0v) is 15.1. The number of amides is 2. The van der Waals surface area contributed by atoms with Crippen LogP contribution in [0.2, 0.25) is 5.02 Å². The van der Waals surface area contributed by atoms with Gasteiger partial charge in [-0.25, -0.2) is 0 Å². The molecule has 2 N–H and O–H groups in total. The van der Waals surface area contributed by atoms with E-state index in [1.807, 2.05) is 36.4 Å². The molecule has 27 heavy (non-hydrogen) atoms. The van der Waals surface area contributed by atoms with Crippen LogP contribution in [0.15, 0.2) is 78.9 Å². The number of hydrogen-bond donors (Lipinski definition) is 2. The van der Waals surface area contributed by atoms with Crippen molar-refractivity contribution in [1.29, 1.82) is 0 Å². The number of nitrogens with one attached hydrogen (secondary N) is 2. The van der Waals surface area contributed by atoms with Crippen LogP contribution in [0.4, 0.5) is 5.69 Å². The van der Waals surface area contributed by atoms with Crippen LogP contribution in [-0.2, 0) is 4.79 Å². The van der Waals surface area contributed by atoms with Crippen molar-refractivity contribution in [2.24, 2.45) is 0 Å². The summed E-state index contributed by atoms with van der Waals surface area (Å²) in [6.07, 6.45) is 0. The van der Waals surface area contributed by atoms with Gasteiger partial charge in [-0.05, 0) is 42.5 Å². The number of anilines is 1. The summed E-state index contributed by atoms with van der Waals surface area (Å²) in [5.41, 5.74) is 0.909. The quantitative estimate of drug-likeness (QED) is 0.661. The first-order valence-electron chi connectivity index (χ1n) is 8.27. The minimum atomic E-state index is -0.374. The molecule has 0 bridgehead atoms. The van der Waals surface area contributed by atoms with Gasteiger partial charge in [0, 0.05) is 10.6 Å². The maximum absolute atomic E-state index is 12.2. The fourth-order valence-corrected chi connectivity index (χ4v) is 2.55. The van der Waals surface area contributed by atoms with Crippen LogP contribution in [0.25, 0.3) is 0 Å². The Morgan fingerprint density at radius 3 is 2.41 bits per heavy atom. The van der Waals surface area contributed by atoms with E-state index in [0.717, 1.165) is 0 Å². The summed E-state index contributed by atoms with van der Waals surface area (Å²) in [6.45, 7) is -0.176. The van der Waals surface area contributed by atoms with E-state index in [0.29, 0.717) is 27.8 Å². The average molecular weight is 381 g/mol. The minimum absolute atomic E-state index is 0.176. The average Bonchev–Trinajstić information content (AvgIpc) is 2.68. The van der Waals surface area contributed by atoms with Crippen LogP contribution in [0.1, 0.15) is 10.4 Å². The Morgan fingerprint density at radius 2 is 1.63 bits per heavy atom. The molecular formula is C21H17ClN2O3. The first-order valence-corrected chi connectivity index (χ1v) is 8.65. The van der Waals surface area contributed by atoms with Crippen LogP contribution < -0.4 is 15.4 Å². The predicted molar refractivity (Wildman–Crippen MR) is 105 cm³/mol. The number of carbonyl (C=O) groups excluding carboxylic acids is 2. The molecule has 0 fully saturated rings. The molecule has 0 heterocycles. The van der Waals surface area contributed by atoms with Gasteiger partial charge in [0.15, 0.2) is 5.75 Å².